The van der Waals surface area contributed by atoms with Crippen molar-refractivity contribution in [1.82, 2.24) is 4.90 Å². The summed E-state index contributed by atoms with van der Waals surface area (Å²) in [6, 6.07) is 11.9. The molecule has 1 aliphatic heterocycles. The van der Waals surface area contributed by atoms with Gasteiger partial charge in [0, 0.05) is 25.6 Å². The molecule has 0 radical (unpaired) electrons. The number of aliphatic hydroxyl groups is 1. The van der Waals surface area contributed by atoms with Crippen molar-refractivity contribution in [1.29, 1.82) is 0 Å². The van der Waals surface area contributed by atoms with Gasteiger partial charge in [-0.2, -0.15) is 0 Å². The predicted molar refractivity (Wildman–Crippen MR) is 90.6 cm³/mol. The van der Waals surface area contributed by atoms with Crippen LogP contribution in [0.4, 0.5) is 0 Å². The molecule has 1 aromatic carbocycles. The summed E-state index contributed by atoms with van der Waals surface area (Å²) in [5.41, 5.74) is 2.11. The van der Waals surface area contributed by atoms with Crippen molar-refractivity contribution >= 4 is 17.1 Å². The minimum atomic E-state index is 0.0653. The first-order valence-corrected chi connectivity index (χ1v) is 8.71. The molecule has 5 heteroatoms. The van der Waals surface area contributed by atoms with Crippen molar-refractivity contribution in [3.63, 3.8) is 0 Å². The number of carbonyl (C=O) groups is 1. The van der Waals surface area contributed by atoms with Crippen LogP contribution in [-0.2, 0) is 17.9 Å². The van der Waals surface area contributed by atoms with Crippen LogP contribution >= 0.6 is 11.3 Å². The summed E-state index contributed by atoms with van der Waals surface area (Å²) in [4.78, 5) is 15.5. The number of ketones is 1. The fourth-order valence-corrected chi connectivity index (χ4v) is 3.50. The summed E-state index contributed by atoms with van der Waals surface area (Å²) in [5, 5.41) is 11.1. The van der Waals surface area contributed by atoms with E-state index in [2.05, 4.69) is 4.90 Å². The van der Waals surface area contributed by atoms with Crippen molar-refractivity contribution in [2.75, 3.05) is 19.8 Å². The quantitative estimate of drug-likeness (QED) is 0.827. The van der Waals surface area contributed by atoms with E-state index in [1.165, 1.54) is 16.9 Å². The van der Waals surface area contributed by atoms with Crippen molar-refractivity contribution in [2.24, 2.45) is 0 Å². The lowest BCUT2D eigenvalue weighted by Gasteiger charge is -2.35. The number of morpholine rings is 1. The molecule has 23 heavy (non-hydrogen) atoms. The zero-order chi connectivity index (χ0) is 16.1. The third-order valence-corrected chi connectivity index (χ3v) is 5.07. The van der Waals surface area contributed by atoms with Gasteiger partial charge >= 0.3 is 0 Å². The lowest BCUT2D eigenvalue weighted by molar-refractivity contribution is -0.0125. The Labute approximate surface area is 140 Å². The van der Waals surface area contributed by atoms with E-state index >= 15 is 0 Å². The first kappa shape index (κ1) is 16.3. The van der Waals surface area contributed by atoms with Gasteiger partial charge in [0.2, 0.25) is 0 Å². The van der Waals surface area contributed by atoms with Gasteiger partial charge in [0.15, 0.2) is 5.78 Å². The second kappa shape index (κ2) is 7.84. The monoisotopic (exact) mass is 331 g/mol. The third kappa shape index (κ3) is 4.26. The number of thiophene rings is 1. The van der Waals surface area contributed by atoms with Crippen molar-refractivity contribution in [2.45, 2.75) is 25.6 Å². The average molecular weight is 331 g/mol. The van der Waals surface area contributed by atoms with Crippen LogP contribution in [0.5, 0.6) is 0 Å². The minimum Gasteiger partial charge on any atom is -0.392 e. The number of Topliss-reactive ketones (excluding diaryl/α,β-unsaturated/α-hetero) is 1. The third-order valence-electron chi connectivity index (χ3n) is 4.16. The SMILES string of the molecule is O=C(C[C@@H]1COCCN1Cc1ccc(CO)cc1)c1cccs1. The number of benzene rings is 1. The first-order chi connectivity index (χ1) is 11.3. The van der Waals surface area contributed by atoms with Crippen LogP contribution in [0.3, 0.4) is 0 Å². The zero-order valence-electron chi connectivity index (χ0n) is 13.0. The highest BCUT2D eigenvalue weighted by Crippen LogP contribution is 2.19. The Morgan fingerprint density at radius 2 is 2.04 bits per heavy atom. The molecule has 2 aromatic rings. The molecule has 0 aliphatic carbocycles. The number of hydrogen-bond acceptors (Lipinski definition) is 5. The molecule has 0 saturated carbocycles. The van der Waals surface area contributed by atoms with Gasteiger partial charge in [-0.15, -0.1) is 11.3 Å². The predicted octanol–water partition coefficient (Wildman–Crippen LogP) is 2.71. The highest BCUT2D eigenvalue weighted by molar-refractivity contribution is 7.12. The zero-order valence-corrected chi connectivity index (χ0v) is 13.8. The van der Waals surface area contributed by atoms with E-state index in [4.69, 9.17) is 9.84 Å². The first-order valence-electron chi connectivity index (χ1n) is 7.83. The van der Waals surface area contributed by atoms with Crippen molar-refractivity contribution in [3.05, 3.63) is 57.8 Å². The van der Waals surface area contributed by atoms with E-state index in [9.17, 15) is 4.79 Å². The number of carbonyl (C=O) groups excluding carboxylic acids is 1. The van der Waals surface area contributed by atoms with Gasteiger partial charge in [-0.3, -0.25) is 9.69 Å². The van der Waals surface area contributed by atoms with Crippen molar-refractivity contribution < 1.29 is 14.6 Å². The lowest BCUT2D eigenvalue weighted by Crippen LogP contribution is -2.45. The number of aliphatic hydroxyl groups excluding tert-OH is 1. The molecule has 4 nitrogen and oxygen atoms in total. The highest BCUT2D eigenvalue weighted by Gasteiger charge is 2.26. The normalized spacial score (nSPS) is 18.9. The molecule has 0 bridgehead atoms. The summed E-state index contributed by atoms with van der Waals surface area (Å²) >= 11 is 1.50. The minimum absolute atomic E-state index is 0.0653. The van der Waals surface area contributed by atoms with Crippen LogP contribution in [0.2, 0.25) is 0 Å². The molecule has 1 atom stereocenters. The molecule has 3 rings (SSSR count). The van der Waals surface area contributed by atoms with Gasteiger partial charge in [0.05, 0.1) is 24.7 Å². The molecule has 0 unspecified atom stereocenters. The smallest absolute Gasteiger partial charge is 0.174 e. The van der Waals surface area contributed by atoms with E-state index in [1.54, 1.807) is 0 Å². The summed E-state index contributed by atoms with van der Waals surface area (Å²) in [6.45, 7) is 3.02. The maximum absolute atomic E-state index is 12.4. The fraction of sp³-hybridized carbons (Fsp3) is 0.389. The average Bonchev–Trinajstić information content (AvgIpc) is 3.12. The molecule has 1 fully saturated rings. The van der Waals surface area contributed by atoms with Crippen LogP contribution in [0, 0.1) is 0 Å². The van der Waals surface area contributed by atoms with E-state index in [1.807, 2.05) is 41.8 Å². The van der Waals surface area contributed by atoms with E-state index in [0.717, 1.165) is 23.5 Å². The van der Waals surface area contributed by atoms with Crippen LogP contribution < -0.4 is 0 Å². The second-order valence-corrected chi connectivity index (χ2v) is 6.73. The summed E-state index contributed by atoms with van der Waals surface area (Å²) in [6.07, 6.45) is 0.495. The second-order valence-electron chi connectivity index (χ2n) is 5.78. The molecular formula is C18H21NO3S. The molecule has 1 aliphatic rings. The molecule has 0 spiro atoms. The van der Waals surface area contributed by atoms with Crippen LogP contribution in [-0.4, -0.2) is 41.6 Å². The van der Waals surface area contributed by atoms with E-state index < -0.39 is 0 Å². The number of rotatable bonds is 6. The molecule has 1 saturated heterocycles. The largest absolute Gasteiger partial charge is 0.392 e. The Bertz CT molecular complexity index is 624. The molecule has 1 N–H and O–H groups in total. The highest BCUT2D eigenvalue weighted by atomic mass is 32.1. The summed E-state index contributed by atoms with van der Waals surface area (Å²) in [7, 11) is 0. The van der Waals surface area contributed by atoms with Crippen LogP contribution in [0.1, 0.15) is 27.2 Å². The Morgan fingerprint density at radius 3 is 2.74 bits per heavy atom. The standard InChI is InChI=1S/C18H21NO3S/c20-12-15-5-3-14(4-6-15)11-19-7-8-22-13-16(19)10-17(21)18-2-1-9-23-18/h1-6,9,16,20H,7-8,10-13H2/t16-/m1/s1. The van der Waals surface area contributed by atoms with Gasteiger partial charge in [0.25, 0.3) is 0 Å². The van der Waals surface area contributed by atoms with Gasteiger partial charge < -0.3 is 9.84 Å². The summed E-state index contributed by atoms with van der Waals surface area (Å²) in [5.74, 6) is 0.191. The Balaban J connectivity index is 1.64. The number of ether oxygens (including phenoxy) is 1. The Kier molecular flexibility index (Phi) is 5.56. The molecule has 0 amide bonds. The van der Waals surface area contributed by atoms with Crippen LogP contribution in [0.15, 0.2) is 41.8 Å². The Morgan fingerprint density at radius 1 is 1.26 bits per heavy atom. The van der Waals surface area contributed by atoms with Gasteiger partial charge in [-0.1, -0.05) is 30.3 Å². The van der Waals surface area contributed by atoms with E-state index in [-0.39, 0.29) is 18.4 Å². The number of nitrogens with zero attached hydrogens (tertiary/aromatic N) is 1. The molecule has 1 aromatic heterocycles. The topological polar surface area (TPSA) is 49.8 Å². The van der Waals surface area contributed by atoms with Gasteiger partial charge in [0.1, 0.15) is 0 Å². The fourth-order valence-electron chi connectivity index (χ4n) is 2.82. The maximum atomic E-state index is 12.4. The summed E-state index contributed by atoms with van der Waals surface area (Å²) < 4.78 is 5.58. The van der Waals surface area contributed by atoms with Crippen molar-refractivity contribution in [3.8, 4) is 0 Å². The molecular weight excluding hydrogens is 310 g/mol. The molecule has 122 valence electrons. The Hall–Kier alpha value is -1.53. The number of hydrogen-bond donors (Lipinski definition) is 1. The van der Waals surface area contributed by atoms with Gasteiger partial charge in [-0.25, -0.2) is 0 Å². The molecule has 2 heterocycles. The van der Waals surface area contributed by atoms with Gasteiger partial charge in [-0.05, 0) is 22.6 Å². The van der Waals surface area contributed by atoms with Crippen LogP contribution in [0.25, 0.3) is 0 Å². The maximum Gasteiger partial charge on any atom is 0.174 e. The van der Waals surface area contributed by atoms with E-state index in [0.29, 0.717) is 19.6 Å². The lowest BCUT2D eigenvalue weighted by atomic mass is 10.1.